The van der Waals surface area contributed by atoms with Gasteiger partial charge in [-0.05, 0) is 90.5 Å². The molecular weight excluding hydrogens is 216 g/mol. The molecule has 0 aromatic carbocycles. The molecule has 0 aromatic rings. The second kappa shape index (κ2) is 5.73. The molecule has 0 saturated heterocycles. The van der Waals surface area contributed by atoms with Crippen LogP contribution < -0.4 is 0 Å². The van der Waals surface area contributed by atoms with Gasteiger partial charge >= 0.3 is 0 Å². The highest BCUT2D eigenvalue weighted by atomic mass is 14.2. The average molecular weight is 244 g/mol. The molecule has 2 aliphatic carbocycles. The van der Waals surface area contributed by atoms with Gasteiger partial charge in [0.25, 0.3) is 0 Å². The van der Waals surface area contributed by atoms with Gasteiger partial charge in [0, 0.05) is 0 Å². The van der Waals surface area contributed by atoms with Crippen LogP contribution >= 0.6 is 0 Å². The first kappa shape index (κ1) is 15.0. The molecule has 0 spiro atoms. The van der Waals surface area contributed by atoms with Crippen LogP contribution in [-0.2, 0) is 0 Å². The lowest BCUT2D eigenvalue weighted by Gasteiger charge is -1.94. The smallest absolute Gasteiger partial charge is 0.0102 e. The van der Waals surface area contributed by atoms with E-state index in [0.29, 0.717) is 0 Å². The van der Waals surface area contributed by atoms with E-state index in [-0.39, 0.29) is 0 Å². The van der Waals surface area contributed by atoms with Crippen LogP contribution in [0, 0.1) is 0 Å². The third kappa shape index (κ3) is 3.04. The third-order valence-electron chi connectivity index (χ3n) is 4.75. The maximum atomic E-state index is 2.22. The zero-order valence-electron chi connectivity index (χ0n) is 13.4. The molecule has 0 saturated carbocycles. The van der Waals surface area contributed by atoms with Crippen molar-refractivity contribution in [3.63, 3.8) is 0 Å². The third-order valence-corrected chi connectivity index (χ3v) is 4.75. The molecule has 0 aliphatic heterocycles. The average Bonchev–Trinajstić information content (AvgIpc) is 2.66. The van der Waals surface area contributed by atoms with Crippen molar-refractivity contribution in [2.24, 2.45) is 0 Å². The second-order valence-electron chi connectivity index (χ2n) is 5.97. The Hall–Kier alpha value is -1.04. The van der Waals surface area contributed by atoms with Gasteiger partial charge in [0.05, 0.1) is 0 Å². The zero-order chi connectivity index (χ0) is 14.0. The van der Waals surface area contributed by atoms with E-state index in [1.54, 1.807) is 22.3 Å². The summed E-state index contributed by atoms with van der Waals surface area (Å²) in [5.74, 6) is 0. The molecule has 0 bridgehead atoms. The molecular formula is C18H28. The predicted octanol–water partition coefficient (Wildman–Crippen LogP) is 6.13. The van der Waals surface area contributed by atoms with Crippen LogP contribution in [-0.4, -0.2) is 0 Å². The Morgan fingerprint density at radius 3 is 0.611 bits per heavy atom. The second-order valence-corrected chi connectivity index (χ2v) is 5.97. The van der Waals surface area contributed by atoms with Crippen LogP contribution in [0.4, 0.5) is 0 Å². The first-order chi connectivity index (χ1) is 8.25. The summed E-state index contributed by atoms with van der Waals surface area (Å²) >= 11 is 0. The predicted molar refractivity (Wildman–Crippen MR) is 82.7 cm³/mol. The standard InChI is InChI=1S/2C9H14/c2*1-6-5-7(2)9(4)8(6)3/h2*5H2,1-4H3. The Bertz CT molecular complexity index is 386. The van der Waals surface area contributed by atoms with Gasteiger partial charge in [-0.1, -0.05) is 22.3 Å². The van der Waals surface area contributed by atoms with Crippen molar-refractivity contribution >= 4 is 0 Å². The molecule has 0 nitrogen and oxygen atoms in total. The van der Waals surface area contributed by atoms with Crippen molar-refractivity contribution in [3.05, 3.63) is 44.6 Å². The highest BCUT2D eigenvalue weighted by Gasteiger charge is 2.11. The van der Waals surface area contributed by atoms with E-state index in [0.717, 1.165) is 0 Å². The SMILES string of the molecule is CC1=C(C)C(C)=C(C)C1.CC1=C(C)C(C)=C(C)C1. The summed E-state index contributed by atoms with van der Waals surface area (Å²) in [7, 11) is 0. The van der Waals surface area contributed by atoms with Crippen LogP contribution in [0.25, 0.3) is 0 Å². The molecule has 0 heterocycles. The Kier molecular flexibility index (Phi) is 4.78. The monoisotopic (exact) mass is 244 g/mol. The van der Waals surface area contributed by atoms with Crippen molar-refractivity contribution in [2.45, 2.75) is 68.2 Å². The van der Waals surface area contributed by atoms with Gasteiger partial charge < -0.3 is 0 Å². The topological polar surface area (TPSA) is 0 Å². The molecule has 0 fully saturated rings. The summed E-state index contributed by atoms with van der Waals surface area (Å²) in [6, 6.07) is 0. The van der Waals surface area contributed by atoms with Gasteiger partial charge in [0.2, 0.25) is 0 Å². The lowest BCUT2D eigenvalue weighted by Crippen LogP contribution is -1.74. The van der Waals surface area contributed by atoms with E-state index in [1.807, 2.05) is 0 Å². The highest BCUT2D eigenvalue weighted by Crippen LogP contribution is 2.31. The fourth-order valence-corrected chi connectivity index (χ4v) is 2.61. The highest BCUT2D eigenvalue weighted by molar-refractivity contribution is 5.43. The summed E-state index contributed by atoms with van der Waals surface area (Å²) in [4.78, 5) is 0. The van der Waals surface area contributed by atoms with E-state index < -0.39 is 0 Å². The van der Waals surface area contributed by atoms with Crippen LogP contribution in [0.3, 0.4) is 0 Å². The maximum Gasteiger partial charge on any atom is -0.0102 e. The first-order valence-electron chi connectivity index (χ1n) is 6.91. The Labute approximate surface area is 113 Å². The van der Waals surface area contributed by atoms with Crippen molar-refractivity contribution < 1.29 is 0 Å². The Balaban J connectivity index is 0.000000180. The van der Waals surface area contributed by atoms with E-state index in [2.05, 4.69) is 55.4 Å². The Morgan fingerprint density at radius 2 is 0.556 bits per heavy atom. The van der Waals surface area contributed by atoms with Crippen LogP contribution in [0.2, 0.25) is 0 Å². The van der Waals surface area contributed by atoms with E-state index >= 15 is 0 Å². The summed E-state index contributed by atoms with van der Waals surface area (Å²) < 4.78 is 0. The number of hydrogen-bond donors (Lipinski definition) is 0. The van der Waals surface area contributed by atoms with Gasteiger partial charge in [0.15, 0.2) is 0 Å². The number of allylic oxidation sites excluding steroid dienone is 8. The normalized spacial score (nSPS) is 20.0. The lowest BCUT2D eigenvalue weighted by molar-refractivity contribution is 1.13. The van der Waals surface area contributed by atoms with Gasteiger partial charge in [0.1, 0.15) is 0 Å². The van der Waals surface area contributed by atoms with Gasteiger partial charge in [-0.15, -0.1) is 0 Å². The van der Waals surface area contributed by atoms with Crippen LogP contribution in [0.15, 0.2) is 44.6 Å². The fraction of sp³-hybridized carbons (Fsp3) is 0.556. The lowest BCUT2D eigenvalue weighted by atomic mass is 10.1. The van der Waals surface area contributed by atoms with Crippen molar-refractivity contribution in [2.75, 3.05) is 0 Å². The summed E-state index contributed by atoms with van der Waals surface area (Å²) in [5.41, 5.74) is 12.2. The van der Waals surface area contributed by atoms with Gasteiger partial charge in [-0.25, -0.2) is 0 Å². The maximum absolute atomic E-state index is 2.22. The molecule has 0 N–H and O–H groups in total. The summed E-state index contributed by atoms with van der Waals surface area (Å²) in [6.07, 6.45) is 2.41. The van der Waals surface area contributed by atoms with E-state index in [9.17, 15) is 0 Å². The molecule has 100 valence electrons. The first-order valence-corrected chi connectivity index (χ1v) is 6.91. The van der Waals surface area contributed by atoms with Crippen molar-refractivity contribution in [1.82, 2.24) is 0 Å². The largest absolute Gasteiger partial charge is 0.0661 e. The zero-order valence-corrected chi connectivity index (χ0v) is 13.4. The molecule has 0 unspecified atom stereocenters. The van der Waals surface area contributed by atoms with Crippen molar-refractivity contribution in [1.29, 1.82) is 0 Å². The number of rotatable bonds is 0. The fourth-order valence-electron chi connectivity index (χ4n) is 2.61. The molecule has 0 radical (unpaired) electrons. The van der Waals surface area contributed by atoms with Gasteiger partial charge in [-0.2, -0.15) is 0 Å². The van der Waals surface area contributed by atoms with Gasteiger partial charge in [-0.3, -0.25) is 0 Å². The molecule has 0 amide bonds. The molecule has 18 heavy (non-hydrogen) atoms. The summed E-state index contributed by atoms with van der Waals surface area (Å²) in [5, 5.41) is 0. The Morgan fingerprint density at radius 1 is 0.389 bits per heavy atom. The van der Waals surface area contributed by atoms with E-state index in [1.165, 1.54) is 35.1 Å². The molecule has 0 heteroatoms. The minimum Gasteiger partial charge on any atom is -0.0661 e. The molecule has 0 aromatic heterocycles. The minimum absolute atomic E-state index is 1.21. The van der Waals surface area contributed by atoms with Crippen LogP contribution in [0.1, 0.15) is 68.2 Å². The quantitative estimate of drug-likeness (QED) is 0.481. The molecule has 2 aliphatic rings. The van der Waals surface area contributed by atoms with Crippen LogP contribution in [0.5, 0.6) is 0 Å². The number of hydrogen-bond acceptors (Lipinski definition) is 0. The molecule has 0 atom stereocenters. The van der Waals surface area contributed by atoms with E-state index in [4.69, 9.17) is 0 Å². The van der Waals surface area contributed by atoms with Crippen molar-refractivity contribution in [3.8, 4) is 0 Å². The minimum atomic E-state index is 1.21. The summed E-state index contributed by atoms with van der Waals surface area (Å²) in [6.45, 7) is 17.7. The molecule has 2 rings (SSSR count).